The van der Waals surface area contributed by atoms with Crippen LogP contribution in [0.25, 0.3) is 11.3 Å². The number of carbonyl (C=O) groups excluding carboxylic acids is 1. The van der Waals surface area contributed by atoms with Crippen molar-refractivity contribution in [3.8, 4) is 17.3 Å². The van der Waals surface area contributed by atoms with Crippen LogP contribution in [0.5, 0.6) is 0 Å². The Morgan fingerprint density at radius 2 is 2.04 bits per heavy atom. The van der Waals surface area contributed by atoms with Gasteiger partial charge in [0.2, 0.25) is 5.91 Å². The van der Waals surface area contributed by atoms with Crippen molar-refractivity contribution in [1.82, 2.24) is 15.0 Å². The fraction of sp³-hybridized carbons (Fsp3) is 0.0556. The third kappa shape index (κ3) is 4.15. The Morgan fingerprint density at radius 1 is 1.23 bits per heavy atom. The quantitative estimate of drug-likeness (QED) is 0.532. The number of para-hydroxylation sites is 1. The van der Waals surface area contributed by atoms with Gasteiger partial charge in [-0.15, -0.1) is 0 Å². The molecule has 1 aromatic carbocycles. The smallest absolute Gasteiger partial charge is 0.270 e. The van der Waals surface area contributed by atoms with E-state index in [4.69, 9.17) is 0 Å². The number of nitriles is 1. The summed E-state index contributed by atoms with van der Waals surface area (Å²) >= 11 is 1.08. The molecule has 0 spiro atoms. The Hall–Kier alpha value is -3.44. The molecule has 1 amide bonds. The molecular formula is C18H13N5O2S. The number of nitrogens with zero attached hydrogens (tertiary/aromatic N) is 3. The van der Waals surface area contributed by atoms with Crippen LogP contribution in [-0.2, 0) is 4.79 Å². The van der Waals surface area contributed by atoms with E-state index in [0.717, 1.165) is 11.8 Å². The van der Waals surface area contributed by atoms with E-state index >= 15 is 0 Å². The van der Waals surface area contributed by atoms with Crippen LogP contribution in [0.2, 0.25) is 0 Å². The Labute approximate surface area is 153 Å². The molecule has 8 heteroatoms. The summed E-state index contributed by atoms with van der Waals surface area (Å²) in [5, 5.41) is 12.2. The molecule has 0 aliphatic heterocycles. The molecule has 0 bridgehead atoms. The van der Waals surface area contributed by atoms with Gasteiger partial charge in [0.15, 0.2) is 5.16 Å². The lowest BCUT2D eigenvalue weighted by Gasteiger charge is -2.07. The minimum atomic E-state index is -0.549. The minimum Gasteiger partial charge on any atom is -0.325 e. The lowest BCUT2D eigenvalue weighted by atomic mass is 10.1. The molecule has 3 aromatic rings. The number of hydrogen-bond acceptors (Lipinski definition) is 6. The van der Waals surface area contributed by atoms with E-state index in [1.165, 1.54) is 6.20 Å². The van der Waals surface area contributed by atoms with Gasteiger partial charge in [-0.25, -0.2) is 4.98 Å². The van der Waals surface area contributed by atoms with Crippen LogP contribution in [0.15, 0.2) is 64.8 Å². The first-order valence-electron chi connectivity index (χ1n) is 7.60. The normalized spacial score (nSPS) is 10.1. The summed E-state index contributed by atoms with van der Waals surface area (Å²) in [5.41, 5.74) is 0.861. The number of H-pyrrole nitrogens is 1. The molecule has 0 unspecified atom stereocenters. The summed E-state index contributed by atoms with van der Waals surface area (Å²) in [6.45, 7) is 0. The van der Waals surface area contributed by atoms with Crippen molar-refractivity contribution in [1.29, 1.82) is 5.26 Å². The highest BCUT2D eigenvalue weighted by atomic mass is 32.2. The molecule has 0 atom stereocenters. The van der Waals surface area contributed by atoms with Gasteiger partial charge in [-0.05, 0) is 24.3 Å². The van der Waals surface area contributed by atoms with Gasteiger partial charge in [0.05, 0.1) is 11.4 Å². The van der Waals surface area contributed by atoms with E-state index < -0.39 is 5.56 Å². The maximum atomic E-state index is 12.1. The first-order valence-corrected chi connectivity index (χ1v) is 8.58. The zero-order chi connectivity index (χ0) is 18.4. The van der Waals surface area contributed by atoms with Crippen LogP contribution in [0.4, 0.5) is 5.69 Å². The molecule has 0 saturated carbocycles. The lowest BCUT2D eigenvalue weighted by Crippen LogP contribution is -2.17. The number of pyridine rings is 1. The Morgan fingerprint density at radius 3 is 2.73 bits per heavy atom. The first kappa shape index (κ1) is 17.4. The highest BCUT2D eigenvalue weighted by Crippen LogP contribution is 2.21. The van der Waals surface area contributed by atoms with Gasteiger partial charge < -0.3 is 10.3 Å². The molecule has 26 heavy (non-hydrogen) atoms. The molecule has 2 N–H and O–H groups in total. The van der Waals surface area contributed by atoms with E-state index in [1.54, 1.807) is 30.5 Å². The molecule has 0 aliphatic carbocycles. The number of aromatic amines is 1. The number of anilines is 1. The molecule has 3 rings (SSSR count). The second-order valence-corrected chi connectivity index (χ2v) is 6.12. The standard InChI is InChI=1S/C18H13N5O2S/c19-9-14-16(12-5-4-8-20-10-12)22-18(23-17(14)25)26-11-15(24)21-13-6-2-1-3-7-13/h1-8,10H,11H2,(H,21,24)(H,22,23,25). The number of aromatic nitrogens is 3. The molecule has 2 heterocycles. The summed E-state index contributed by atoms with van der Waals surface area (Å²) < 4.78 is 0. The molecule has 2 aromatic heterocycles. The number of carbonyl (C=O) groups is 1. The third-order valence-corrected chi connectivity index (χ3v) is 4.22. The molecule has 7 nitrogen and oxygen atoms in total. The molecule has 0 radical (unpaired) electrons. The molecule has 0 aliphatic rings. The van der Waals surface area contributed by atoms with Crippen molar-refractivity contribution >= 4 is 23.4 Å². The van der Waals surface area contributed by atoms with E-state index in [-0.39, 0.29) is 28.1 Å². The number of nitrogens with one attached hydrogen (secondary N) is 2. The van der Waals surface area contributed by atoms with Gasteiger partial charge in [0.25, 0.3) is 5.56 Å². The van der Waals surface area contributed by atoms with Gasteiger partial charge in [0.1, 0.15) is 11.6 Å². The van der Waals surface area contributed by atoms with Crippen molar-refractivity contribution in [3.63, 3.8) is 0 Å². The molecular weight excluding hydrogens is 350 g/mol. The van der Waals surface area contributed by atoms with Crippen LogP contribution in [0.3, 0.4) is 0 Å². The van der Waals surface area contributed by atoms with E-state index in [1.807, 2.05) is 24.3 Å². The van der Waals surface area contributed by atoms with Gasteiger partial charge in [0, 0.05) is 23.6 Å². The maximum absolute atomic E-state index is 12.1. The van der Waals surface area contributed by atoms with E-state index in [9.17, 15) is 14.9 Å². The number of thioether (sulfide) groups is 1. The van der Waals surface area contributed by atoms with Crippen LogP contribution in [0.1, 0.15) is 5.56 Å². The van der Waals surface area contributed by atoms with Crippen molar-refractivity contribution in [2.24, 2.45) is 0 Å². The SMILES string of the molecule is N#Cc1c(-c2cccnc2)nc(SCC(=O)Nc2ccccc2)[nH]c1=O. The van der Waals surface area contributed by atoms with Crippen LogP contribution in [0, 0.1) is 11.3 Å². The predicted molar refractivity (Wildman–Crippen MR) is 98.6 cm³/mol. The van der Waals surface area contributed by atoms with E-state index in [2.05, 4.69) is 20.3 Å². The van der Waals surface area contributed by atoms with Crippen molar-refractivity contribution in [3.05, 3.63) is 70.8 Å². The topological polar surface area (TPSA) is 112 Å². The van der Waals surface area contributed by atoms with Crippen LogP contribution in [-0.4, -0.2) is 26.6 Å². The first-order chi connectivity index (χ1) is 12.7. The Kier molecular flexibility index (Phi) is 5.41. The summed E-state index contributed by atoms with van der Waals surface area (Å²) in [7, 11) is 0. The predicted octanol–water partition coefficient (Wildman–Crippen LogP) is 2.43. The van der Waals surface area contributed by atoms with Gasteiger partial charge in [-0.2, -0.15) is 5.26 Å². The van der Waals surface area contributed by atoms with Crippen LogP contribution < -0.4 is 10.9 Å². The number of hydrogen-bond donors (Lipinski definition) is 2. The van der Waals surface area contributed by atoms with Gasteiger partial charge in [-0.1, -0.05) is 30.0 Å². The average Bonchev–Trinajstić information content (AvgIpc) is 2.67. The largest absolute Gasteiger partial charge is 0.325 e. The van der Waals surface area contributed by atoms with Crippen molar-refractivity contribution in [2.75, 3.05) is 11.1 Å². The monoisotopic (exact) mass is 363 g/mol. The fourth-order valence-corrected chi connectivity index (χ4v) is 2.85. The number of amides is 1. The summed E-state index contributed by atoms with van der Waals surface area (Å²) in [4.78, 5) is 35.0. The lowest BCUT2D eigenvalue weighted by molar-refractivity contribution is -0.113. The summed E-state index contributed by atoms with van der Waals surface area (Å²) in [5.74, 6) is -0.160. The van der Waals surface area contributed by atoms with Gasteiger partial charge >= 0.3 is 0 Å². The van der Waals surface area contributed by atoms with Crippen molar-refractivity contribution in [2.45, 2.75) is 5.16 Å². The molecule has 128 valence electrons. The average molecular weight is 363 g/mol. The molecule has 0 fully saturated rings. The fourth-order valence-electron chi connectivity index (χ4n) is 2.19. The van der Waals surface area contributed by atoms with Crippen molar-refractivity contribution < 1.29 is 4.79 Å². The van der Waals surface area contributed by atoms with Crippen LogP contribution >= 0.6 is 11.8 Å². The maximum Gasteiger partial charge on any atom is 0.270 e. The minimum absolute atomic E-state index is 0.0657. The second-order valence-electron chi connectivity index (χ2n) is 5.15. The molecule has 0 saturated heterocycles. The highest BCUT2D eigenvalue weighted by Gasteiger charge is 2.14. The zero-order valence-electron chi connectivity index (χ0n) is 13.5. The third-order valence-electron chi connectivity index (χ3n) is 3.34. The summed E-state index contributed by atoms with van der Waals surface area (Å²) in [6.07, 6.45) is 3.12. The Balaban J connectivity index is 1.79. The number of rotatable bonds is 5. The highest BCUT2D eigenvalue weighted by molar-refractivity contribution is 7.99. The van der Waals surface area contributed by atoms with E-state index in [0.29, 0.717) is 11.3 Å². The summed E-state index contributed by atoms with van der Waals surface area (Å²) in [6, 6.07) is 14.3. The van der Waals surface area contributed by atoms with Gasteiger partial charge in [-0.3, -0.25) is 14.6 Å². The Bertz CT molecular complexity index is 1010. The zero-order valence-corrected chi connectivity index (χ0v) is 14.3. The number of benzene rings is 1. The second kappa shape index (κ2) is 8.09.